The second-order valence-corrected chi connectivity index (χ2v) is 6.35. The van der Waals surface area contributed by atoms with Crippen LogP contribution >= 0.6 is 0 Å². The van der Waals surface area contributed by atoms with Gasteiger partial charge in [-0.05, 0) is 35.7 Å². The van der Waals surface area contributed by atoms with Gasteiger partial charge in [-0.25, -0.2) is 9.59 Å². The van der Waals surface area contributed by atoms with Crippen molar-refractivity contribution in [2.75, 3.05) is 13.2 Å². The van der Waals surface area contributed by atoms with Crippen LogP contribution in [-0.4, -0.2) is 31.0 Å². The van der Waals surface area contributed by atoms with Crippen LogP contribution in [0.3, 0.4) is 0 Å². The van der Waals surface area contributed by atoms with E-state index in [-0.39, 0.29) is 24.6 Å². The maximum Gasteiger partial charge on any atom is 0.339 e. The molecule has 140 valence electrons. The van der Waals surface area contributed by atoms with Crippen LogP contribution in [0.2, 0.25) is 0 Å². The quantitative estimate of drug-likeness (QED) is 0.627. The molecule has 27 heavy (non-hydrogen) atoms. The summed E-state index contributed by atoms with van der Waals surface area (Å²) in [6.07, 6.45) is 0.683. The van der Waals surface area contributed by atoms with Crippen molar-refractivity contribution in [1.29, 1.82) is 0 Å². The summed E-state index contributed by atoms with van der Waals surface area (Å²) in [5.41, 5.74) is 2.56. The third-order valence-corrected chi connectivity index (χ3v) is 4.32. The summed E-state index contributed by atoms with van der Waals surface area (Å²) in [6, 6.07) is 14.4. The number of cyclic esters (lactones) is 1. The molecule has 1 heterocycles. The second-order valence-electron chi connectivity index (χ2n) is 6.35. The minimum Gasteiger partial charge on any atom is -0.462 e. The third kappa shape index (κ3) is 4.73. The Morgan fingerprint density at radius 2 is 1.96 bits per heavy atom. The average Bonchev–Trinajstić information content (AvgIpc) is 2.67. The maximum absolute atomic E-state index is 12.3. The fourth-order valence-corrected chi connectivity index (χ4v) is 2.96. The molecule has 2 aromatic carbocycles. The van der Waals surface area contributed by atoms with Crippen LogP contribution in [0.15, 0.2) is 48.5 Å². The lowest BCUT2D eigenvalue weighted by molar-refractivity contribution is -0.118. The Bertz CT molecular complexity index is 847. The Morgan fingerprint density at radius 1 is 1.19 bits per heavy atom. The summed E-state index contributed by atoms with van der Waals surface area (Å²) in [6.45, 7) is 2.11. The van der Waals surface area contributed by atoms with Crippen molar-refractivity contribution in [1.82, 2.24) is 5.32 Å². The van der Waals surface area contributed by atoms with Crippen molar-refractivity contribution in [3.63, 3.8) is 0 Å². The SMILES string of the molecule is CC(=O)NCCCOC(=O)c1ccc2c(c1)C[C@@H](c1ccccc1)OC2=O. The maximum atomic E-state index is 12.3. The number of benzene rings is 2. The van der Waals surface area contributed by atoms with Crippen LogP contribution in [-0.2, 0) is 20.7 Å². The minimum atomic E-state index is -0.448. The molecule has 0 fully saturated rings. The van der Waals surface area contributed by atoms with Gasteiger partial charge in [-0.1, -0.05) is 30.3 Å². The van der Waals surface area contributed by atoms with Gasteiger partial charge in [0.15, 0.2) is 0 Å². The van der Waals surface area contributed by atoms with Gasteiger partial charge < -0.3 is 14.8 Å². The molecule has 1 aliphatic heterocycles. The summed E-state index contributed by atoms with van der Waals surface area (Å²) in [7, 11) is 0. The van der Waals surface area contributed by atoms with Gasteiger partial charge in [0.05, 0.1) is 17.7 Å². The van der Waals surface area contributed by atoms with Gasteiger partial charge >= 0.3 is 11.9 Å². The van der Waals surface area contributed by atoms with Gasteiger partial charge in [0.25, 0.3) is 0 Å². The van der Waals surface area contributed by atoms with Crippen LogP contribution in [0.25, 0.3) is 0 Å². The number of esters is 2. The Balaban J connectivity index is 1.66. The van der Waals surface area contributed by atoms with E-state index in [1.165, 1.54) is 6.92 Å². The number of amides is 1. The van der Waals surface area contributed by atoms with E-state index < -0.39 is 5.97 Å². The number of hydrogen-bond donors (Lipinski definition) is 1. The molecule has 1 aliphatic rings. The molecule has 1 amide bonds. The summed E-state index contributed by atoms with van der Waals surface area (Å²) in [4.78, 5) is 35.3. The first-order valence-electron chi connectivity index (χ1n) is 8.85. The molecule has 0 unspecified atom stereocenters. The number of carbonyl (C=O) groups excluding carboxylic acids is 3. The molecule has 0 spiro atoms. The van der Waals surface area contributed by atoms with E-state index in [1.807, 2.05) is 30.3 Å². The predicted octanol–water partition coefficient (Wildman–Crippen LogP) is 2.82. The summed E-state index contributed by atoms with van der Waals surface area (Å²) < 4.78 is 10.8. The molecule has 0 aliphatic carbocycles. The summed E-state index contributed by atoms with van der Waals surface area (Å²) in [5.74, 6) is -0.952. The van der Waals surface area contributed by atoms with Crippen LogP contribution < -0.4 is 5.32 Å². The molecule has 0 bridgehead atoms. The van der Waals surface area contributed by atoms with E-state index in [9.17, 15) is 14.4 Å². The number of nitrogens with one attached hydrogen (secondary N) is 1. The number of carbonyl (C=O) groups is 3. The molecule has 3 rings (SSSR count). The molecular formula is C21H21NO5. The standard InChI is InChI=1S/C21H21NO5/c1-14(23)22-10-5-11-26-20(24)16-8-9-18-17(12-16)13-19(27-21(18)25)15-6-3-2-4-7-15/h2-4,6-9,12,19H,5,10-11,13H2,1H3,(H,22,23)/t19-/m0/s1. The highest BCUT2D eigenvalue weighted by molar-refractivity contribution is 5.95. The minimum absolute atomic E-state index is 0.115. The molecule has 0 saturated carbocycles. The third-order valence-electron chi connectivity index (χ3n) is 4.32. The molecular weight excluding hydrogens is 346 g/mol. The molecule has 0 aromatic heterocycles. The molecule has 0 radical (unpaired) electrons. The average molecular weight is 367 g/mol. The fraction of sp³-hybridized carbons (Fsp3) is 0.286. The lowest BCUT2D eigenvalue weighted by Crippen LogP contribution is -2.23. The topological polar surface area (TPSA) is 81.7 Å². The van der Waals surface area contributed by atoms with Crippen molar-refractivity contribution in [2.24, 2.45) is 0 Å². The molecule has 6 nitrogen and oxygen atoms in total. The lowest BCUT2D eigenvalue weighted by Gasteiger charge is -2.25. The van der Waals surface area contributed by atoms with Crippen LogP contribution in [0.5, 0.6) is 0 Å². The highest BCUT2D eigenvalue weighted by Gasteiger charge is 2.28. The van der Waals surface area contributed by atoms with Gasteiger partial charge in [-0.15, -0.1) is 0 Å². The van der Waals surface area contributed by atoms with E-state index >= 15 is 0 Å². The largest absolute Gasteiger partial charge is 0.462 e. The molecule has 2 aromatic rings. The van der Waals surface area contributed by atoms with Gasteiger partial charge in [0.1, 0.15) is 6.10 Å². The van der Waals surface area contributed by atoms with Crippen molar-refractivity contribution in [3.8, 4) is 0 Å². The fourth-order valence-electron chi connectivity index (χ4n) is 2.96. The van der Waals surface area contributed by atoms with Gasteiger partial charge in [0, 0.05) is 19.9 Å². The van der Waals surface area contributed by atoms with Crippen molar-refractivity contribution in [2.45, 2.75) is 25.9 Å². The van der Waals surface area contributed by atoms with Gasteiger partial charge in [-0.3, -0.25) is 4.79 Å². The second kappa shape index (κ2) is 8.49. The first-order valence-corrected chi connectivity index (χ1v) is 8.85. The zero-order valence-electron chi connectivity index (χ0n) is 15.1. The molecule has 6 heteroatoms. The molecule has 0 saturated heterocycles. The van der Waals surface area contributed by atoms with E-state index in [0.717, 1.165) is 11.1 Å². The van der Waals surface area contributed by atoms with Crippen LogP contribution in [0.4, 0.5) is 0 Å². The molecule has 1 atom stereocenters. The summed E-state index contributed by atoms with van der Waals surface area (Å²) in [5, 5.41) is 2.64. The smallest absolute Gasteiger partial charge is 0.339 e. The summed E-state index contributed by atoms with van der Waals surface area (Å²) >= 11 is 0. The normalized spacial score (nSPS) is 15.4. The first kappa shape index (κ1) is 18.6. The van der Waals surface area contributed by atoms with Crippen LogP contribution in [0.1, 0.15) is 51.3 Å². The first-order chi connectivity index (χ1) is 13.0. The van der Waals surface area contributed by atoms with Crippen molar-refractivity contribution in [3.05, 3.63) is 70.8 Å². The van der Waals surface area contributed by atoms with E-state index in [2.05, 4.69) is 5.32 Å². The van der Waals surface area contributed by atoms with E-state index in [4.69, 9.17) is 9.47 Å². The van der Waals surface area contributed by atoms with Crippen LogP contribution in [0, 0.1) is 0 Å². The predicted molar refractivity (Wildman–Crippen MR) is 98.3 cm³/mol. The highest BCUT2D eigenvalue weighted by Crippen LogP contribution is 2.31. The number of ether oxygens (including phenoxy) is 2. The van der Waals surface area contributed by atoms with E-state index in [1.54, 1.807) is 18.2 Å². The monoisotopic (exact) mass is 367 g/mol. The van der Waals surface area contributed by atoms with Crippen molar-refractivity contribution < 1.29 is 23.9 Å². The zero-order chi connectivity index (χ0) is 19.2. The Labute approximate surface area is 157 Å². The zero-order valence-corrected chi connectivity index (χ0v) is 15.1. The van der Waals surface area contributed by atoms with Gasteiger partial charge in [-0.2, -0.15) is 0 Å². The van der Waals surface area contributed by atoms with E-state index in [0.29, 0.717) is 30.5 Å². The number of hydrogen-bond acceptors (Lipinski definition) is 5. The van der Waals surface area contributed by atoms with Gasteiger partial charge in [0.2, 0.25) is 5.91 Å². The van der Waals surface area contributed by atoms with Crippen molar-refractivity contribution >= 4 is 17.8 Å². The Morgan fingerprint density at radius 3 is 2.70 bits per heavy atom. The molecule has 1 N–H and O–H groups in total. The number of fused-ring (bicyclic) bond motifs is 1. The lowest BCUT2D eigenvalue weighted by atomic mass is 9.93. The number of rotatable bonds is 6. The highest BCUT2D eigenvalue weighted by atomic mass is 16.5. The Hall–Kier alpha value is -3.15. The Kier molecular flexibility index (Phi) is 5.86.